The van der Waals surface area contributed by atoms with Gasteiger partial charge in [0.05, 0.1) is 11.6 Å². The summed E-state index contributed by atoms with van der Waals surface area (Å²) in [7, 11) is 1.69. The van der Waals surface area contributed by atoms with E-state index >= 15 is 0 Å². The summed E-state index contributed by atoms with van der Waals surface area (Å²) in [6.45, 7) is 0.421. The Morgan fingerprint density at radius 2 is 1.92 bits per heavy atom. The molecule has 5 unspecified atom stereocenters. The third kappa shape index (κ3) is 2.89. The van der Waals surface area contributed by atoms with Crippen molar-refractivity contribution in [1.29, 1.82) is 0 Å². The number of rotatable bonds is 3. The van der Waals surface area contributed by atoms with E-state index < -0.39 is 11.9 Å². The van der Waals surface area contributed by atoms with Crippen LogP contribution < -0.4 is 10.6 Å². The smallest absolute Gasteiger partial charge is 0.249 e. The van der Waals surface area contributed by atoms with Crippen molar-refractivity contribution in [1.82, 2.24) is 4.90 Å². The predicted molar refractivity (Wildman–Crippen MR) is 99.5 cm³/mol. The molecule has 5 nitrogen and oxygen atoms in total. The lowest BCUT2D eigenvalue weighted by Gasteiger charge is -2.33. The third-order valence-corrected chi connectivity index (χ3v) is 6.40. The highest BCUT2D eigenvalue weighted by atomic mass is 35.5. The van der Waals surface area contributed by atoms with Gasteiger partial charge < -0.3 is 15.5 Å². The summed E-state index contributed by atoms with van der Waals surface area (Å²) in [6, 6.07) is 5.64. The molecular formula is C19H25ClFN3O2. The minimum atomic E-state index is -0.529. The summed E-state index contributed by atoms with van der Waals surface area (Å²) in [6.07, 6.45) is 3.72. The van der Waals surface area contributed by atoms with E-state index in [0.29, 0.717) is 24.8 Å². The van der Waals surface area contributed by atoms with Gasteiger partial charge in [0.1, 0.15) is 11.9 Å². The molecule has 1 aromatic rings. The zero-order valence-electron chi connectivity index (χ0n) is 14.8. The molecule has 3 aliphatic rings. The van der Waals surface area contributed by atoms with Crippen molar-refractivity contribution < 1.29 is 14.0 Å². The molecule has 2 amide bonds. The number of para-hydroxylation sites is 1. The average Bonchev–Trinajstić information content (AvgIpc) is 3.29. The van der Waals surface area contributed by atoms with E-state index in [9.17, 15) is 14.0 Å². The van der Waals surface area contributed by atoms with E-state index in [2.05, 4.69) is 0 Å². The number of likely N-dealkylation sites (N-methyl/N-ethyl adjacent to an activating group) is 1. The quantitative estimate of drug-likeness (QED) is 0.872. The Hall–Kier alpha value is -1.66. The number of halogens is 2. The van der Waals surface area contributed by atoms with Crippen LogP contribution in [0.5, 0.6) is 0 Å². The lowest BCUT2D eigenvalue weighted by molar-refractivity contribution is -0.142. The molecule has 2 N–H and O–H groups in total. The predicted octanol–water partition coefficient (Wildman–Crippen LogP) is 2.18. The number of carbonyl (C=O) groups is 2. The second kappa shape index (κ2) is 7.16. The van der Waals surface area contributed by atoms with E-state index in [1.807, 2.05) is 0 Å². The molecule has 0 aromatic heterocycles. The van der Waals surface area contributed by atoms with Crippen LogP contribution in [0.2, 0.25) is 0 Å². The first-order valence-electron chi connectivity index (χ1n) is 9.07. The largest absolute Gasteiger partial charge is 0.333 e. The zero-order valence-corrected chi connectivity index (χ0v) is 15.6. The van der Waals surface area contributed by atoms with Gasteiger partial charge in [0, 0.05) is 19.6 Å². The summed E-state index contributed by atoms with van der Waals surface area (Å²) in [5.41, 5.74) is 6.57. The summed E-state index contributed by atoms with van der Waals surface area (Å²) < 4.78 is 14.0. The van der Waals surface area contributed by atoms with Crippen LogP contribution in [-0.2, 0) is 9.59 Å². The van der Waals surface area contributed by atoms with E-state index in [4.69, 9.17) is 5.73 Å². The van der Waals surface area contributed by atoms with E-state index in [-0.39, 0.29) is 41.9 Å². The van der Waals surface area contributed by atoms with Crippen LogP contribution in [0.25, 0.3) is 0 Å². The van der Waals surface area contributed by atoms with E-state index in [1.54, 1.807) is 30.1 Å². The third-order valence-electron chi connectivity index (χ3n) is 6.40. The molecule has 3 fully saturated rings. The van der Waals surface area contributed by atoms with Crippen LogP contribution in [0.15, 0.2) is 24.3 Å². The molecule has 1 heterocycles. The molecule has 26 heavy (non-hydrogen) atoms. The highest BCUT2D eigenvalue weighted by Crippen LogP contribution is 2.48. The first-order chi connectivity index (χ1) is 12.0. The fourth-order valence-electron chi connectivity index (χ4n) is 5.03. The second-order valence-corrected chi connectivity index (χ2v) is 7.63. The number of hydrogen-bond donors (Lipinski definition) is 1. The normalized spacial score (nSPS) is 32.7. The Balaban J connectivity index is 0.00000196. The van der Waals surface area contributed by atoms with Crippen molar-refractivity contribution in [3.63, 3.8) is 0 Å². The van der Waals surface area contributed by atoms with Crippen molar-refractivity contribution in [2.24, 2.45) is 23.5 Å². The SMILES string of the molecule is CN(C(=O)C1C2CCC(C2)C1N)C1CCN(c2ccccc2F)C1=O.Cl. The Bertz CT molecular complexity index is 714. The first kappa shape index (κ1) is 19.1. The highest BCUT2D eigenvalue weighted by molar-refractivity contribution is 6.01. The topological polar surface area (TPSA) is 66.6 Å². The van der Waals surface area contributed by atoms with Gasteiger partial charge in [0.25, 0.3) is 0 Å². The lowest BCUT2D eigenvalue weighted by atomic mass is 9.84. The number of amides is 2. The fraction of sp³-hybridized carbons (Fsp3) is 0.579. The van der Waals surface area contributed by atoms with Gasteiger partial charge in [-0.25, -0.2) is 4.39 Å². The molecule has 1 aliphatic heterocycles. The Morgan fingerprint density at radius 1 is 1.23 bits per heavy atom. The molecule has 1 aromatic carbocycles. The molecule has 142 valence electrons. The van der Waals surface area contributed by atoms with Crippen molar-refractivity contribution in [3.05, 3.63) is 30.1 Å². The Morgan fingerprint density at radius 3 is 2.58 bits per heavy atom. The molecule has 2 saturated carbocycles. The second-order valence-electron chi connectivity index (χ2n) is 7.63. The van der Waals surface area contributed by atoms with Crippen molar-refractivity contribution in [2.45, 2.75) is 37.8 Å². The van der Waals surface area contributed by atoms with Crippen molar-refractivity contribution in [3.8, 4) is 0 Å². The van der Waals surface area contributed by atoms with Gasteiger partial charge >= 0.3 is 0 Å². The van der Waals surface area contributed by atoms with Crippen LogP contribution in [0, 0.1) is 23.6 Å². The molecule has 5 atom stereocenters. The maximum atomic E-state index is 14.0. The van der Waals surface area contributed by atoms with Crippen LogP contribution in [0.3, 0.4) is 0 Å². The molecule has 1 saturated heterocycles. The highest BCUT2D eigenvalue weighted by Gasteiger charge is 2.51. The number of nitrogens with zero attached hydrogens (tertiary/aromatic N) is 2. The Kier molecular flexibility index (Phi) is 5.26. The molecule has 2 aliphatic carbocycles. The number of benzene rings is 1. The number of fused-ring (bicyclic) bond motifs is 2. The minimum Gasteiger partial charge on any atom is -0.333 e. The Labute approximate surface area is 159 Å². The zero-order chi connectivity index (χ0) is 17.7. The molecule has 2 bridgehead atoms. The van der Waals surface area contributed by atoms with Crippen LogP contribution in [0.4, 0.5) is 10.1 Å². The van der Waals surface area contributed by atoms with Gasteiger partial charge in [0.2, 0.25) is 11.8 Å². The van der Waals surface area contributed by atoms with Gasteiger partial charge in [0.15, 0.2) is 0 Å². The summed E-state index contributed by atoms with van der Waals surface area (Å²) in [4.78, 5) is 28.8. The van der Waals surface area contributed by atoms with Crippen LogP contribution in [0.1, 0.15) is 25.7 Å². The summed E-state index contributed by atoms with van der Waals surface area (Å²) >= 11 is 0. The number of carbonyl (C=O) groups excluding carboxylic acids is 2. The van der Waals surface area contributed by atoms with Crippen molar-refractivity contribution in [2.75, 3.05) is 18.5 Å². The lowest BCUT2D eigenvalue weighted by Crippen LogP contribution is -2.50. The molecule has 7 heteroatoms. The maximum absolute atomic E-state index is 14.0. The summed E-state index contributed by atoms with van der Waals surface area (Å²) in [5.74, 6) is -0.0125. The van der Waals surface area contributed by atoms with Gasteiger partial charge in [-0.2, -0.15) is 0 Å². The number of hydrogen-bond acceptors (Lipinski definition) is 3. The molecule has 0 spiro atoms. The fourth-order valence-corrected chi connectivity index (χ4v) is 5.03. The standard InChI is InChI=1S/C19H24FN3O2.ClH/c1-22(19(25)16-11-6-7-12(10-11)17(16)21)15-8-9-23(18(15)24)14-5-3-2-4-13(14)20;/h2-5,11-12,15-17H,6-10,21H2,1H3;1H. The van der Waals surface area contributed by atoms with Gasteiger partial charge in [-0.05, 0) is 49.7 Å². The molecule has 0 radical (unpaired) electrons. The monoisotopic (exact) mass is 381 g/mol. The van der Waals surface area contributed by atoms with Gasteiger partial charge in [-0.1, -0.05) is 12.1 Å². The average molecular weight is 382 g/mol. The maximum Gasteiger partial charge on any atom is 0.249 e. The van der Waals surface area contributed by atoms with Crippen LogP contribution in [-0.4, -0.2) is 42.4 Å². The van der Waals surface area contributed by atoms with E-state index in [1.165, 1.54) is 11.0 Å². The number of nitrogens with two attached hydrogens (primary N) is 1. The minimum absolute atomic E-state index is 0. The number of anilines is 1. The molecular weight excluding hydrogens is 357 g/mol. The van der Waals surface area contributed by atoms with Crippen LogP contribution >= 0.6 is 12.4 Å². The first-order valence-corrected chi connectivity index (χ1v) is 9.07. The van der Waals surface area contributed by atoms with Gasteiger partial charge in [-0.15, -0.1) is 12.4 Å². The van der Waals surface area contributed by atoms with Crippen molar-refractivity contribution >= 4 is 29.9 Å². The summed E-state index contributed by atoms with van der Waals surface area (Å²) in [5, 5.41) is 0. The molecule has 4 rings (SSSR count). The van der Waals surface area contributed by atoms with Gasteiger partial charge in [-0.3, -0.25) is 9.59 Å². The van der Waals surface area contributed by atoms with E-state index in [0.717, 1.165) is 19.3 Å².